The predicted molar refractivity (Wildman–Crippen MR) is 91.9 cm³/mol. The highest BCUT2D eigenvalue weighted by atomic mass is 16.5. The number of hydrogen-bond donors (Lipinski definition) is 1. The molecule has 1 aromatic carbocycles. The Hall–Kier alpha value is -0.860. The topological polar surface area (TPSA) is 21.3 Å². The molecule has 0 radical (unpaired) electrons. The molecule has 0 bridgehead atoms. The van der Waals surface area contributed by atoms with E-state index in [1.54, 1.807) is 0 Å². The normalized spacial score (nSPS) is 12.7. The molecule has 0 aliphatic carbocycles. The number of benzene rings is 1. The highest BCUT2D eigenvalue weighted by Crippen LogP contribution is 2.21. The number of ether oxygens (including phenoxy) is 1. The lowest BCUT2D eigenvalue weighted by Crippen LogP contribution is -2.38. The molecule has 21 heavy (non-hydrogen) atoms. The molecular formula is C19H33NO. The van der Waals surface area contributed by atoms with Crippen molar-refractivity contribution in [2.24, 2.45) is 5.41 Å². The van der Waals surface area contributed by atoms with Gasteiger partial charge in [-0.15, -0.1) is 0 Å². The van der Waals surface area contributed by atoms with Crippen LogP contribution in [0.3, 0.4) is 0 Å². The van der Waals surface area contributed by atoms with Crippen LogP contribution in [0.15, 0.2) is 24.3 Å². The van der Waals surface area contributed by atoms with Crippen molar-refractivity contribution in [2.45, 2.75) is 59.9 Å². The fourth-order valence-electron chi connectivity index (χ4n) is 2.30. The molecule has 0 fully saturated rings. The first-order valence-electron chi connectivity index (χ1n) is 8.06. The van der Waals surface area contributed by atoms with Gasteiger partial charge in [0.25, 0.3) is 0 Å². The lowest BCUT2D eigenvalue weighted by Gasteiger charge is -2.20. The van der Waals surface area contributed by atoms with Crippen molar-refractivity contribution < 1.29 is 4.74 Å². The molecule has 0 amide bonds. The molecule has 0 unspecified atom stereocenters. The zero-order valence-corrected chi connectivity index (χ0v) is 14.8. The van der Waals surface area contributed by atoms with E-state index < -0.39 is 0 Å². The van der Waals surface area contributed by atoms with Gasteiger partial charge in [0.05, 0.1) is 13.2 Å². The van der Waals surface area contributed by atoms with Crippen molar-refractivity contribution in [2.75, 3.05) is 19.8 Å². The molecule has 2 heteroatoms. The molecule has 0 atom stereocenters. The van der Waals surface area contributed by atoms with Gasteiger partial charge >= 0.3 is 0 Å². The third-order valence-corrected chi connectivity index (χ3v) is 3.16. The van der Waals surface area contributed by atoms with E-state index in [0.717, 1.165) is 32.6 Å². The summed E-state index contributed by atoms with van der Waals surface area (Å²) < 4.78 is 5.71. The minimum absolute atomic E-state index is 0.171. The second kappa shape index (κ2) is 7.95. The average Bonchev–Trinajstić information content (AvgIpc) is 2.30. The second-order valence-corrected chi connectivity index (χ2v) is 8.10. The molecule has 0 spiro atoms. The van der Waals surface area contributed by atoms with E-state index in [1.165, 1.54) is 11.1 Å². The molecule has 0 saturated heterocycles. The Balaban J connectivity index is 2.28. The number of hydrogen-bond acceptors (Lipinski definition) is 2. The van der Waals surface area contributed by atoms with Crippen LogP contribution in [0.1, 0.15) is 52.7 Å². The lowest BCUT2D eigenvalue weighted by molar-refractivity contribution is 0.133. The minimum Gasteiger partial charge on any atom is -0.380 e. The van der Waals surface area contributed by atoms with Crippen molar-refractivity contribution in [3.8, 4) is 0 Å². The third kappa shape index (κ3) is 9.65. The van der Waals surface area contributed by atoms with Crippen LogP contribution >= 0.6 is 0 Å². The zero-order valence-electron chi connectivity index (χ0n) is 14.8. The number of rotatable bonds is 7. The Morgan fingerprint density at radius 1 is 0.952 bits per heavy atom. The molecule has 0 aliphatic rings. The van der Waals surface area contributed by atoms with Crippen LogP contribution in [0.2, 0.25) is 0 Å². The monoisotopic (exact) mass is 291 g/mol. The Kier molecular flexibility index (Phi) is 6.89. The summed E-state index contributed by atoms with van der Waals surface area (Å²) in [6.45, 7) is 15.9. The predicted octanol–water partition coefficient (Wildman–Crippen LogP) is 4.22. The van der Waals surface area contributed by atoms with Crippen LogP contribution in [-0.4, -0.2) is 25.3 Å². The smallest absolute Gasteiger partial charge is 0.0591 e. The summed E-state index contributed by atoms with van der Waals surface area (Å²) in [4.78, 5) is 0. The Labute approximate surface area is 131 Å². The summed E-state index contributed by atoms with van der Waals surface area (Å²) in [5, 5.41) is 3.43. The van der Waals surface area contributed by atoms with Crippen LogP contribution in [0.25, 0.3) is 0 Å². The van der Waals surface area contributed by atoms with Crippen molar-refractivity contribution in [1.29, 1.82) is 0 Å². The van der Waals surface area contributed by atoms with E-state index in [9.17, 15) is 0 Å². The Morgan fingerprint density at radius 2 is 1.62 bits per heavy atom. The maximum absolute atomic E-state index is 5.71. The van der Waals surface area contributed by atoms with Crippen LogP contribution < -0.4 is 5.32 Å². The highest BCUT2D eigenvalue weighted by molar-refractivity contribution is 5.24. The van der Waals surface area contributed by atoms with Gasteiger partial charge in [-0.05, 0) is 50.2 Å². The van der Waals surface area contributed by atoms with Gasteiger partial charge in [0.15, 0.2) is 0 Å². The van der Waals surface area contributed by atoms with Gasteiger partial charge in [-0.1, -0.05) is 45.0 Å². The quantitative estimate of drug-likeness (QED) is 0.759. The highest BCUT2D eigenvalue weighted by Gasteiger charge is 2.11. The summed E-state index contributed by atoms with van der Waals surface area (Å²) in [5.74, 6) is 0. The summed E-state index contributed by atoms with van der Waals surface area (Å²) in [6.07, 6.45) is 2.12. The van der Waals surface area contributed by atoms with Gasteiger partial charge in [0.2, 0.25) is 0 Å². The average molecular weight is 291 g/mol. The van der Waals surface area contributed by atoms with E-state index >= 15 is 0 Å². The molecule has 0 heterocycles. The van der Waals surface area contributed by atoms with Crippen LogP contribution in [0, 0.1) is 5.41 Å². The largest absolute Gasteiger partial charge is 0.380 e. The van der Waals surface area contributed by atoms with E-state index in [-0.39, 0.29) is 5.54 Å². The molecule has 1 rings (SSSR count). The van der Waals surface area contributed by atoms with Gasteiger partial charge in [0.1, 0.15) is 0 Å². The van der Waals surface area contributed by atoms with Gasteiger partial charge < -0.3 is 10.1 Å². The third-order valence-electron chi connectivity index (χ3n) is 3.16. The molecule has 2 nitrogen and oxygen atoms in total. The van der Waals surface area contributed by atoms with E-state index in [0.29, 0.717) is 5.41 Å². The standard InChI is InChI=1S/C19H33NO/c1-18(2,3)15-17-9-7-8-16(14-17)10-12-21-13-11-20-19(4,5)6/h7-9,14,20H,10-13,15H2,1-6H3. The summed E-state index contributed by atoms with van der Waals surface area (Å²) in [6, 6.07) is 8.91. The second-order valence-electron chi connectivity index (χ2n) is 8.10. The fraction of sp³-hybridized carbons (Fsp3) is 0.684. The van der Waals surface area contributed by atoms with E-state index in [4.69, 9.17) is 4.74 Å². The molecule has 1 N–H and O–H groups in total. The van der Waals surface area contributed by atoms with Gasteiger partial charge in [-0.3, -0.25) is 0 Å². The van der Waals surface area contributed by atoms with Crippen molar-refractivity contribution in [3.05, 3.63) is 35.4 Å². The number of nitrogens with one attached hydrogen (secondary N) is 1. The van der Waals surface area contributed by atoms with Crippen molar-refractivity contribution >= 4 is 0 Å². The summed E-state index contributed by atoms with van der Waals surface area (Å²) in [5.41, 5.74) is 3.31. The summed E-state index contributed by atoms with van der Waals surface area (Å²) >= 11 is 0. The van der Waals surface area contributed by atoms with Gasteiger partial charge in [-0.2, -0.15) is 0 Å². The van der Waals surface area contributed by atoms with Gasteiger partial charge in [0, 0.05) is 12.1 Å². The first-order valence-corrected chi connectivity index (χ1v) is 8.06. The van der Waals surface area contributed by atoms with Crippen molar-refractivity contribution in [3.63, 3.8) is 0 Å². The molecule has 0 aliphatic heterocycles. The fourth-order valence-corrected chi connectivity index (χ4v) is 2.30. The molecule has 0 aromatic heterocycles. The molecular weight excluding hydrogens is 258 g/mol. The zero-order chi connectivity index (χ0) is 15.9. The molecule has 120 valence electrons. The first-order chi connectivity index (χ1) is 9.66. The van der Waals surface area contributed by atoms with E-state index in [2.05, 4.69) is 71.1 Å². The molecule has 1 aromatic rings. The van der Waals surface area contributed by atoms with Crippen LogP contribution in [0.4, 0.5) is 0 Å². The SMILES string of the molecule is CC(C)(C)Cc1cccc(CCOCCNC(C)(C)C)c1. The van der Waals surface area contributed by atoms with Crippen LogP contribution in [-0.2, 0) is 17.6 Å². The van der Waals surface area contributed by atoms with Crippen molar-refractivity contribution in [1.82, 2.24) is 5.32 Å². The minimum atomic E-state index is 0.171. The van der Waals surface area contributed by atoms with E-state index in [1.807, 2.05) is 0 Å². The maximum atomic E-state index is 5.71. The first kappa shape index (κ1) is 18.2. The lowest BCUT2D eigenvalue weighted by atomic mass is 9.87. The van der Waals surface area contributed by atoms with Gasteiger partial charge in [-0.25, -0.2) is 0 Å². The Morgan fingerprint density at radius 3 is 2.24 bits per heavy atom. The maximum Gasteiger partial charge on any atom is 0.0591 e. The van der Waals surface area contributed by atoms with Crippen LogP contribution in [0.5, 0.6) is 0 Å². The molecule has 0 saturated carbocycles. The Bertz CT molecular complexity index is 412. The summed E-state index contributed by atoms with van der Waals surface area (Å²) in [7, 11) is 0.